The summed E-state index contributed by atoms with van der Waals surface area (Å²) >= 11 is 8.24. The number of nitrogens with two attached hydrogens (primary N) is 1. The van der Waals surface area contributed by atoms with Gasteiger partial charge in [0.25, 0.3) is 0 Å². The van der Waals surface area contributed by atoms with Crippen molar-refractivity contribution in [3.05, 3.63) is 50.8 Å². The Morgan fingerprint density at radius 3 is 2.65 bits per heavy atom. The monoisotopic (exact) mass is 362 g/mol. The van der Waals surface area contributed by atoms with E-state index >= 15 is 0 Å². The topological polar surface area (TPSA) is 38.0 Å². The molecule has 2 nitrogen and oxygen atoms in total. The number of para-hydroxylation sites is 1. The Hall–Kier alpha value is -1.01. The molecule has 2 rings (SSSR count). The molecular weight excluding hydrogens is 354 g/mol. The quantitative estimate of drug-likeness (QED) is 0.613. The van der Waals surface area contributed by atoms with Gasteiger partial charge in [0.15, 0.2) is 0 Å². The molecule has 0 saturated heterocycles. The van der Waals surface area contributed by atoms with E-state index in [1.54, 1.807) is 12.1 Å². The summed E-state index contributed by atoms with van der Waals surface area (Å²) in [4.78, 5) is 0. The maximum atomic E-state index is 13.2. The highest BCUT2D eigenvalue weighted by atomic mass is 127. The van der Waals surface area contributed by atoms with E-state index in [9.17, 15) is 4.39 Å². The molecule has 2 aromatic rings. The van der Waals surface area contributed by atoms with Crippen LogP contribution in [0.4, 0.5) is 21.5 Å². The Labute approximate surface area is 117 Å². The van der Waals surface area contributed by atoms with Crippen LogP contribution < -0.4 is 11.1 Å². The molecule has 0 saturated carbocycles. The van der Waals surface area contributed by atoms with Crippen molar-refractivity contribution in [2.24, 2.45) is 0 Å². The number of nitrogens with one attached hydrogen (secondary N) is 1. The molecule has 0 aliphatic rings. The number of rotatable bonds is 2. The zero-order chi connectivity index (χ0) is 12.4. The summed E-state index contributed by atoms with van der Waals surface area (Å²) in [7, 11) is 0. The summed E-state index contributed by atoms with van der Waals surface area (Å²) in [6.07, 6.45) is 0. The molecule has 3 N–H and O–H groups in total. The third-order valence-electron chi connectivity index (χ3n) is 2.25. The van der Waals surface area contributed by atoms with Gasteiger partial charge < -0.3 is 11.1 Å². The van der Waals surface area contributed by atoms with E-state index in [1.165, 1.54) is 6.07 Å². The molecule has 0 spiro atoms. The van der Waals surface area contributed by atoms with Crippen LogP contribution in [0.15, 0.2) is 36.4 Å². The molecule has 0 atom stereocenters. The zero-order valence-electron chi connectivity index (χ0n) is 8.68. The van der Waals surface area contributed by atoms with Crippen molar-refractivity contribution in [2.45, 2.75) is 0 Å². The first-order valence-corrected chi connectivity index (χ1v) is 6.29. The summed E-state index contributed by atoms with van der Waals surface area (Å²) in [6.45, 7) is 0. The van der Waals surface area contributed by atoms with Gasteiger partial charge in [0.1, 0.15) is 5.82 Å². The number of nitrogen functional groups attached to an aromatic ring is 1. The van der Waals surface area contributed by atoms with Gasteiger partial charge in [-0.3, -0.25) is 0 Å². The Morgan fingerprint density at radius 1 is 1.18 bits per heavy atom. The molecule has 2 aromatic carbocycles. The van der Waals surface area contributed by atoms with E-state index < -0.39 is 5.82 Å². The Balaban J connectivity index is 2.35. The predicted octanol–water partition coefficient (Wildman–Crippen LogP) is 4.41. The highest BCUT2D eigenvalue weighted by Crippen LogP contribution is 2.30. The van der Waals surface area contributed by atoms with Crippen molar-refractivity contribution in [1.29, 1.82) is 0 Å². The maximum absolute atomic E-state index is 13.2. The van der Waals surface area contributed by atoms with Crippen LogP contribution in [-0.2, 0) is 0 Å². The van der Waals surface area contributed by atoms with E-state index in [0.29, 0.717) is 16.4 Å². The minimum absolute atomic E-state index is 0.0853. The van der Waals surface area contributed by atoms with Gasteiger partial charge in [-0.15, -0.1) is 0 Å². The van der Waals surface area contributed by atoms with Gasteiger partial charge in [-0.25, -0.2) is 4.39 Å². The zero-order valence-corrected chi connectivity index (χ0v) is 11.6. The Morgan fingerprint density at radius 2 is 1.94 bits per heavy atom. The molecule has 5 heteroatoms. The predicted molar refractivity (Wildman–Crippen MR) is 78.3 cm³/mol. The van der Waals surface area contributed by atoms with Gasteiger partial charge >= 0.3 is 0 Å². The molecular formula is C12H9ClFIN2. The van der Waals surface area contributed by atoms with E-state index in [0.717, 1.165) is 3.57 Å². The smallest absolute Gasteiger partial charge is 0.148 e. The first-order valence-electron chi connectivity index (χ1n) is 4.84. The molecule has 88 valence electrons. The number of hydrogen-bond acceptors (Lipinski definition) is 2. The van der Waals surface area contributed by atoms with Crippen LogP contribution in [0.1, 0.15) is 0 Å². The fourth-order valence-corrected chi connectivity index (χ4v) is 2.29. The molecule has 0 unspecified atom stereocenters. The van der Waals surface area contributed by atoms with Gasteiger partial charge in [0.05, 0.1) is 22.1 Å². The van der Waals surface area contributed by atoms with Crippen LogP contribution in [0.3, 0.4) is 0 Å². The molecule has 0 radical (unpaired) electrons. The second-order valence-electron chi connectivity index (χ2n) is 3.45. The SMILES string of the molecule is Nc1c(F)cccc1Nc1ccc(I)cc1Cl. The molecule has 0 aliphatic heterocycles. The lowest BCUT2D eigenvalue weighted by atomic mass is 10.2. The molecule has 0 aromatic heterocycles. The normalized spacial score (nSPS) is 10.3. The summed E-state index contributed by atoms with van der Waals surface area (Å²) in [5.74, 6) is -0.448. The number of hydrogen-bond donors (Lipinski definition) is 2. The molecule has 0 fully saturated rings. The number of anilines is 3. The molecule has 0 aliphatic carbocycles. The largest absolute Gasteiger partial charge is 0.395 e. The maximum Gasteiger partial charge on any atom is 0.148 e. The average molecular weight is 363 g/mol. The van der Waals surface area contributed by atoms with Crippen molar-refractivity contribution < 1.29 is 4.39 Å². The minimum atomic E-state index is -0.448. The van der Waals surface area contributed by atoms with Crippen molar-refractivity contribution in [1.82, 2.24) is 0 Å². The summed E-state index contributed by atoms with van der Waals surface area (Å²) in [6, 6.07) is 10.2. The molecule has 0 heterocycles. The number of halogens is 3. The van der Waals surface area contributed by atoms with Crippen LogP contribution in [-0.4, -0.2) is 0 Å². The lowest BCUT2D eigenvalue weighted by Crippen LogP contribution is -1.99. The van der Waals surface area contributed by atoms with Crippen molar-refractivity contribution in [2.75, 3.05) is 11.1 Å². The highest BCUT2D eigenvalue weighted by Gasteiger charge is 2.06. The average Bonchev–Trinajstić information content (AvgIpc) is 2.28. The first-order chi connectivity index (χ1) is 8.08. The van der Waals surface area contributed by atoms with Crippen LogP contribution >= 0.6 is 34.2 Å². The number of benzene rings is 2. The van der Waals surface area contributed by atoms with E-state index in [-0.39, 0.29) is 5.69 Å². The lowest BCUT2D eigenvalue weighted by molar-refractivity contribution is 0.633. The summed E-state index contributed by atoms with van der Waals surface area (Å²) in [5, 5.41) is 3.58. The van der Waals surface area contributed by atoms with E-state index in [4.69, 9.17) is 17.3 Å². The van der Waals surface area contributed by atoms with Gasteiger partial charge in [0, 0.05) is 3.57 Å². The fraction of sp³-hybridized carbons (Fsp3) is 0. The summed E-state index contributed by atoms with van der Waals surface area (Å²) < 4.78 is 14.3. The Bertz CT molecular complexity index is 560. The second-order valence-corrected chi connectivity index (χ2v) is 5.10. The minimum Gasteiger partial charge on any atom is -0.395 e. The fourth-order valence-electron chi connectivity index (χ4n) is 1.38. The van der Waals surface area contributed by atoms with E-state index in [1.807, 2.05) is 18.2 Å². The van der Waals surface area contributed by atoms with Gasteiger partial charge in [-0.05, 0) is 52.9 Å². The first kappa shape index (κ1) is 12.4. The van der Waals surface area contributed by atoms with Crippen molar-refractivity contribution >= 4 is 51.3 Å². The van der Waals surface area contributed by atoms with Crippen molar-refractivity contribution in [3.63, 3.8) is 0 Å². The summed E-state index contributed by atoms with van der Waals surface area (Å²) in [5.41, 5.74) is 6.92. The van der Waals surface area contributed by atoms with E-state index in [2.05, 4.69) is 27.9 Å². The van der Waals surface area contributed by atoms with Gasteiger partial charge in [0.2, 0.25) is 0 Å². The molecule has 0 amide bonds. The lowest BCUT2D eigenvalue weighted by Gasteiger charge is -2.11. The second kappa shape index (κ2) is 5.10. The third-order valence-corrected chi connectivity index (χ3v) is 3.24. The van der Waals surface area contributed by atoms with Crippen LogP contribution in [0.5, 0.6) is 0 Å². The molecule has 17 heavy (non-hydrogen) atoms. The Kier molecular flexibility index (Phi) is 3.73. The highest BCUT2D eigenvalue weighted by molar-refractivity contribution is 14.1. The van der Waals surface area contributed by atoms with Crippen LogP contribution in [0, 0.1) is 9.39 Å². The third kappa shape index (κ3) is 2.81. The van der Waals surface area contributed by atoms with Crippen LogP contribution in [0.2, 0.25) is 5.02 Å². The van der Waals surface area contributed by atoms with Crippen molar-refractivity contribution in [3.8, 4) is 0 Å². The molecule has 0 bridgehead atoms. The van der Waals surface area contributed by atoms with Gasteiger partial charge in [-0.1, -0.05) is 17.7 Å². The standard InChI is InChI=1S/C12H9ClFIN2/c13-8-6-7(15)4-5-10(8)17-11-3-1-2-9(14)12(11)16/h1-6,17H,16H2. The van der Waals surface area contributed by atoms with Crippen LogP contribution in [0.25, 0.3) is 0 Å². The van der Waals surface area contributed by atoms with Gasteiger partial charge in [-0.2, -0.15) is 0 Å².